The summed E-state index contributed by atoms with van der Waals surface area (Å²) in [7, 11) is 0. The van der Waals surface area contributed by atoms with Gasteiger partial charge in [-0.3, -0.25) is 9.36 Å². The molecule has 1 aliphatic rings. The molecule has 4 heteroatoms. The normalized spacial score (nSPS) is 15.2. The third kappa shape index (κ3) is 1.66. The molecule has 0 aromatic carbocycles. The second-order valence-corrected chi connectivity index (χ2v) is 4.24. The maximum atomic E-state index is 12.0. The highest BCUT2D eigenvalue weighted by Crippen LogP contribution is 2.33. The summed E-state index contributed by atoms with van der Waals surface area (Å²) in [6, 6.07) is 3.78. The van der Waals surface area contributed by atoms with Gasteiger partial charge in [0.1, 0.15) is 0 Å². The van der Waals surface area contributed by atoms with Crippen molar-refractivity contribution >= 4 is 5.91 Å². The van der Waals surface area contributed by atoms with Crippen LogP contribution in [0.5, 0.6) is 0 Å². The van der Waals surface area contributed by atoms with Gasteiger partial charge < -0.3 is 4.98 Å². The number of carbonyl (C=O) groups is 1. The van der Waals surface area contributed by atoms with Gasteiger partial charge in [0.05, 0.1) is 5.69 Å². The third-order valence-corrected chi connectivity index (χ3v) is 2.92. The average Bonchev–Trinajstić information content (AvgIpc) is 2.84. The van der Waals surface area contributed by atoms with Crippen LogP contribution in [0.3, 0.4) is 0 Å². The Morgan fingerprint density at radius 2 is 2.44 bits per heavy atom. The Hall–Kier alpha value is -1.84. The van der Waals surface area contributed by atoms with Gasteiger partial charge in [-0.25, -0.2) is 4.98 Å². The van der Waals surface area contributed by atoms with Crippen molar-refractivity contribution in [1.82, 2.24) is 14.5 Å². The maximum absolute atomic E-state index is 12.0. The van der Waals surface area contributed by atoms with E-state index in [0.717, 1.165) is 11.5 Å². The number of aromatic nitrogens is 3. The van der Waals surface area contributed by atoms with Crippen LogP contribution in [-0.4, -0.2) is 20.4 Å². The monoisotopic (exact) mass is 215 g/mol. The van der Waals surface area contributed by atoms with E-state index in [1.54, 1.807) is 17.0 Å². The lowest BCUT2D eigenvalue weighted by atomic mass is 10.2. The third-order valence-electron chi connectivity index (χ3n) is 2.92. The summed E-state index contributed by atoms with van der Waals surface area (Å²) in [4.78, 5) is 19.2. The lowest BCUT2D eigenvalue weighted by Gasteiger charge is -2.05. The molecular formula is C12H13N3O. The highest BCUT2D eigenvalue weighted by Gasteiger charge is 2.25. The van der Waals surface area contributed by atoms with Gasteiger partial charge in [0, 0.05) is 25.0 Å². The van der Waals surface area contributed by atoms with Crippen molar-refractivity contribution in [1.29, 1.82) is 0 Å². The molecule has 2 aromatic rings. The van der Waals surface area contributed by atoms with Crippen LogP contribution in [0, 0.1) is 5.92 Å². The molecule has 0 atom stereocenters. The molecule has 16 heavy (non-hydrogen) atoms. The fourth-order valence-electron chi connectivity index (χ4n) is 1.86. The topological polar surface area (TPSA) is 50.7 Å². The Labute approximate surface area is 93.3 Å². The van der Waals surface area contributed by atoms with E-state index >= 15 is 0 Å². The zero-order valence-corrected chi connectivity index (χ0v) is 8.89. The van der Waals surface area contributed by atoms with Crippen LogP contribution in [0.1, 0.15) is 24.1 Å². The highest BCUT2D eigenvalue weighted by molar-refractivity contribution is 5.83. The molecule has 1 saturated carbocycles. The lowest BCUT2D eigenvalue weighted by Crippen LogP contribution is -2.11. The van der Waals surface area contributed by atoms with Crippen molar-refractivity contribution in [2.45, 2.75) is 19.3 Å². The van der Waals surface area contributed by atoms with Gasteiger partial charge in [0.2, 0.25) is 5.91 Å². The van der Waals surface area contributed by atoms with Crippen LogP contribution in [0.4, 0.5) is 0 Å². The van der Waals surface area contributed by atoms with Crippen LogP contribution in [0.2, 0.25) is 0 Å². The molecule has 82 valence electrons. The van der Waals surface area contributed by atoms with Gasteiger partial charge in [0.15, 0.2) is 5.82 Å². The molecule has 1 N–H and O–H groups in total. The smallest absolute Gasteiger partial charge is 0.231 e. The Kier molecular flexibility index (Phi) is 2.13. The molecular weight excluding hydrogens is 202 g/mol. The molecule has 1 fully saturated rings. The zero-order valence-electron chi connectivity index (χ0n) is 8.89. The molecule has 2 heterocycles. The van der Waals surface area contributed by atoms with Crippen LogP contribution < -0.4 is 0 Å². The van der Waals surface area contributed by atoms with E-state index in [0.29, 0.717) is 12.3 Å². The Bertz CT molecular complexity index is 494. The van der Waals surface area contributed by atoms with Gasteiger partial charge in [-0.15, -0.1) is 0 Å². The zero-order chi connectivity index (χ0) is 11.0. The summed E-state index contributed by atoms with van der Waals surface area (Å²) in [5.74, 6) is 1.52. The van der Waals surface area contributed by atoms with Crippen molar-refractivity contribution in [3.05, 3.63) is 30.7 Å². The Balaban J connectivity index is 1.89. The standard InChI is InChI=1S/C12H13N3O/c16-11(8-9-3-4-9)15-7-1-2-10(15)12-13-5-6-14-12/h1-2,5-7,9H,3-4,8H2,(H,13,14). The summed E-state index contributed by atoms with van der Waals surface area (Å²) in [6.45, 7) is 0. The minimum Gasteiger partial charge on any atom is -0.343 e. The number of hydrogen-bond donors (Lipinski definition) is 1. The number of aromatic amines is 1. The fraction of sp³-hybridized carbons (Fsp3) is 0.333. The van der Waals surface area contributed by atoms with E-state index < -0.39 is 0 Å². The second-order valence-electron chi connectivity index (χ2n) is 4.24. The summed E-state index contributed by atoms with van der Waals surface area (Å²) < 4.78 is 1.69. The predicted octanol–water partition coefficient (Wildman–Crippen LogP) is 2.32. The number of nitrogens with zero attached hydrogens (tertiary/aromatic N) is 2. The van der Waals surface area contributed by atoms with Gasteiger partial charge in [0.25, 0.3) is 0 Å². The van der Waals surface area contributed by atoms with Gasteiger partial charge in [-0.2, -0.15) is 0 Å². The van der Waals surface area contributed by atoms with E-state index in [2.05, 4.69) is 9.97 Å². The fourth-order valence-corrected chi connectivity index (χ4v) is 1.86. The molecule has 2 aromatic heterocycles. The SMILES string of the molecule is O=C(CC1CC1)n1cccc1-c1ncc[nH]1. The lowest BCUT2D eigenvalue weighted by molar-refractivity contribution is 0.0898. The first-order valence-corrected chi connectivity index (χ1v) is 5.55. The van der Waals surface area contributed by atoms with E-state index in [4.69, 9.17) is 0 Å². The molecule has 0 radical (unpaired) electrons. The molecule has 0 saturated heterocycles. The van der Waals surface area contributed by atoms with Crippen molar-refractivity contribution in [2.75, 3.05) is 0 Å². The average molecular weight is 215 g/mol. The number of H-pyrrole nitrogens is 1. The van der Waals surface area contributed by atoms with Gasteiger partial charge in [-0.1, -0.05) is 0 Å². The molecule has 0 aliphatic heterocycles. The second kappa shape index (κ2) is 3.63. The summed E-state index contributed by atoms with van der Waals surface area (Å²) >= 11 is 0. The van der Waals surface area contributed by atoms with Crippen molar-refractivity contribution in [3.8, 4) is 11.5 Å². The Morgan fingerprint density at radius 1 is 1.56 bits per heavy atom. The quantitative estimate of drug-likeness (QED) is 0.854. The van der Waals surface area contributed by atoms with Gasteiger partial charge in [-0.05, 0) is 30.9 Å². The maximum Gasteiger partial charge on any atom is 0.231 e. The molecule has 4 nitrogen and oxygen atoms in total. The Morgan fingerprint density at radius 3 is 3.12 bits per heavy atom. The van der Waals surface area contributed by atoms with E-state index in [1.165, 1.54) is 12.8 Å². The van der Waals surface area contributed by atoms with E-state index in [9.17, 15) is 4.79 Å². The summed E-state index contributed by atoms with van der Waals surface area (Å²) in [6.07, 6.45) is 8.31. The number of rotatable bonds is 3. The van der Waals surface area contributed by atoms with Crippen LogP contribution in [-0.2, 0) is 0 Å². The number of hydrogen-bond acceptors (Lipinski definition) is 2. The van der Waals surface area contributed by atoms with Crippen molar-refractivity contribution < 1.29 is 4.79 Å². The van der Waals surface area contributed by atoms with Crippen LogP contribution in [0.25, 0.3) is 11.5 Å². The first kappa shape index (κ1) is 9.39. The van der Waals surface area contributed by atoms with E-state index in [1.807, 2.05) is 18.3 Å². The molecule has 1 aliphatic carbocycles. The van der Waals surface area contributed by atoms with Crippen molar-refractivity contribution in [2.24, 2.45) is 5.92 Å². The first-order chi connectivity index (χ1) is 7.84. The molecule has 0 bridgehead atoms. The van der Waals surface area contributed by atoms with Gasteiger partial charge >= 0.3 is 0 Å². The van der Waals surface area contributed by atoms with E-state index in [-0.39, 0.29) is 5.91 Å². The first-order valence-electron chi connectivity index (χ1n) is 5.55. The summed E-state index contributed by atoms with van der Waals surface area (Å²) in [5, 5.41) is 0. The number of imidazole rings is 1. The largest absolute Gasteiger partial charge is 0.343 e. The predicted molar refractivity (Wildman–Crippen MR) is 60.0 cm³/mol. The molecule has 0 unspecified atom stereocenters. The minimum atomic E-state index is 0.166. The van der Waals surface area contributed by atoms with Crippen LogP contribution >= 0.6 is 0 Å². The molecule has 0 spiro atoms. The van der Waals surface area contributed by atoms with Crippen LogP contribution in [0.15, 0.2) is 30.7 Å². The number of carbonyl (C=O) groups excluding carboxylic acids is 1. The summed E-state index contributed by atoms with van der Waals surface area (Å²) in [5.41, 5.74) is 0.843. The molecule has 0 amide bonds. The minimum absolute atomic E-state index is 0.166. The van der Waals surface area contributed by atoms with Crippen molar-refractivity contribution in [3.63, 3.8) is 0 Å². The number of nitrogens with one attached hydrogen (secondary N) is 1. The highest BCUT2D eigenvalue weighted by atomic mass is 16.2. The molecule has 3 rings (SSSR count).